The van der Waals surface area contributed by atoms with Crippen LogP contribution in [0.5, 0.6) is 11.5 Å². The Balaban J connectivity index is 1.88. The minimum absolute atomic E-state index is 0.00599. The second kappa shape index (κ2) is 7.84. The third-order valence-corrected chi connectivity index (χ3v) is 5.11. The summed E-state index contributed by atoms with van der Waals surface area (Å²) in [6.45, 7) is 4.55. The Morgan fingerprint density at radius 3 is 2.67 bits per heavy atom. The van der Waals surface area contributed by atoms with Crippen molar-refractivity contribution in [3.05, 3.63) is 93.1 Å². The van der Waals surface area contributed by atoms with E-state index in [2.05, 4.69) is 6.07 Å². The summed E-state index contributed by atoms with van der Waals surface area (Å²) in [7, 11) is 0. The van der Waals surface area contributed by atoms with Gasteiger partial charge in [0.25, 0.3) is 5.56 Å². The Morgan fingerprint density at radius 1 is 1.27 bits per heavy atom. The molecule has 3 heterocycles. The minimum Gasteiger partial charge on any atom is -0.494 e. The average Bonchev–Trinajstić information content (AvgIpc) is 3.24. The zero-order chi connectivity index (χ0) is 21.3. The van der Waals surface area contributed by atoms with Gasteiger partial charge in [0.1, 0.15) is 28.9 Å². The molecule has 0 unspecified atom stereocenters. The molecule has 3 aromatic rings. The molecular formula is C23H21N3O4. The number of aromatic nitrogens is 1. The van der Waals surface area contributed by atoms with Gasteiger partial charge in [-0.3, -0.25) is 4.79 Å². The van der Waals surface area contributed by atoms with Gasteiger partial charge in [0, 0.05) is 11.8 Å². The predicted molar refractivity (Wildman–Crippen MR) is 110 cm³/mol. The maximum atomic E-state index is 13.5. The Labute approximate surface area is 173 Å². The number of aryl methyl sites for hydroxylation is 1. The number of benzene rings is 1. The number of nitrogens with zero attached hydrogens (tertiary/aromatic N) is 2. The quantitative estimate of drug-likeness (QED) is 0.700. The molecule has 152 valence electrons. The van der Waals surface area contributed by atoms with Crippen LogP contribution in [0.3, 0.4) is 0 Å². The number of pyridine rings is 1. The summed E-state index contributed by atoms with van der Waals surface area (Å²) in [6, 6.07) is 14.8. The fourth-order valence-electron chi connectivity index (χ4n) is 3.70. The maximum Gasteiger partial charge on any atom is 0.259 e. The molecule has 0 bridgehead atoms. The van der Waals surface area contributed by atoms with E-state index in [1.807, 2.05) is 44.2 Å². The summed E-state index contributed by atoms with van der Waals surface area (Å²) in [6.07, 6.45) is 1.57. The molecule has 0 saturated heterocycles. The molecule has 1 aliphatic rings. The third kappa shape index (κ3) is 3.33. The highest BCUT2D eigenvalue weighted by atomic mass is 16.5. The Kier molecular flexibility index (Phi) is 5.07. The second-order valence-corrected chi connectivity index (χ2v) is 6.96. The van der Waals surface area contributed by atoms with Gasteiger partial charge in [0.05, 0.1) is 30.9 Å². The largest absolute Gasteiger partial charge is 0.494 e. The molecule has 1 aromatic carbocycles. The van der Waals surface area contributed by atoms with Crippen LogP contribution in [-0.2, 0) is 6.54 Å². The van der Waals surface area contributed by atoms with Crippen molar-refractivity contribution >= 4 is 0 Å². The summed E-state index contributed by atoms with van der Waals surface area (Å²) < 4.78 is 18.2. The van der Waals surface area contributed by atoms with Crippen LogP contribution in [0.4, 0.5) is 0 Å². The number of rotatable bonds is 5. The van der Waals surface area contributed by atoms with Gasteiger partial charge in [-0.05, 0) is 43.7 Å². The van der Waals surface area contributed by atoms with Gasteiger partial charge in [0.2, 0.25) is 5.88 Å². The van der Waals surface area contributed by atoms with Crippen molar-refractivity contribution in [2.45, 2.75) is 26.3 Å². The third-order valence-electron chi connectivity index (χ3n) is 5.11. The average molecular weight is 403 g/mol. The van der Waals surface area contributed by atoms with E-state index in [1.54, 1.807) is 23.0 Å². The highest BCUT2D eigenvalue weighted by molar-refractivity contribution is 5.55. The second-order valence-electron chi connectivity index (χ2n) is 6.96. The minimum atomic E-state index is -0.634. The number of fused-ring (bicyclic) bond motifs is 1. The van der Waals surface area contributed by atoms with Crippen molar-refractivity contribution in [3.63, 3.8) is 0 Å². The first-order valence-electron chi connectivity index (χ1n) is 9.60. The van der Waals surface area contributed by atoms with Gasteiger partial charge in [-0.25, -0.2) is 0 Å². The first kappa shape index (κ1) is 19.4. The van der Waals surface area contributed by atoms with E-state index in [0.717, 1.165) is 5.56 Å². The molecule has 2 N–H and O–H groups in total. The van der Waals surface area contributed by atoms with Crippen LogP contribution in [0.15, 0.2) is 69.4 Å². The van der Waals surface area contributed by atoms with Crippen molar-refractivity contribution in [2.24, 2.45) is 5.73 Å². The van der Waals surface area contributed by atoms with Crippen LogP contribution >= 0.6 is 0 Å². The van der Waals surface area contributed by atoms with Crippen molar-refractivity contribution < 1.29 is 13.9 Å². The number of hydrogen-bond donors (Lipinski definition) is 1. The summed E-state index contributed by atoms with van der Waals surface area (Å²) in [5.41, 5.74) is 7.84. The van der Waals surface area contributed by atoms with Gasteiger partial charge in [-0.1, -0.05) is 12.1 Å². The molecule has 0 spiro atoms. The van der Waals surface area contributed by atoms with Crippen LogP contribution in [0, 0.1) is 18.3 Å². The molecule has 4 rings (SSSR count). The van der Waals surface area contributed by atoms with Crippen molar-refractivity contribution in [1.29, 1.82) is 5.26 Å². The lowest BCUT2D eigenvalue weighted by atomic mass is 9.84. The lowest BCUT2D eigenvalue weighted by molar-refractivity contribution is 0.340. The van der Waals surface area contributed by atoms with Crippen LogP contribution in [0.25, 0.3) is 0 Å². The van der Waals surface area contributed by atoms with Crippen LogP contribution in [0.1, 0.15) is 35.4 Å². The SMILES string of the molecule is CCOc1ccc([C@H]2C(C#N)=C(N)Oc3cc(C)n(Cc4ccco4)c(=O)c32)cc1. The van der Waals surface area contributed by atoms with Gasteiger partial charge in [-0.2, -0.15) is 5.26 Å². The number of nitrogens with two attached hydrogens (primary N) is 1. The fraction of sp³-hybridized carbons (Fsp3) is 0.217. The van der Waals surface area contributed by atoms with E-state index >= 15 is 0 Å². The highest BCUT2D eigenvalue weighted by Gasteiger charge is 2.34. The number of nitriles is 1. The molecule has 0 radical (unpaired) electrons. The standard InChI is InChI=1S/C23H21N3O4/c1-3-28-16-8-6-15(7-9-16)20-18(12-24)22(25)30-19-11-14(2)26(23(27)21(19)20)13-17-5-4-10-29-17/h4-11,20H,3,13,25H2,1-2H3/t20-/m0/s1. The zero-order valence-electron chi connectivity index (χ0n) is 16.7. The van der Waals surface area contributed by atoms with E-state index < -0.39 is 5.92 Å². The molecule has 0 amide bonds. The fourth-order valence-corrected chi connectivity index (χ4v) is 3.70. The zero-order valence-corrected chi connectivity index (χ0v) is 16.7. The maximum absolute atomic E-state index is 13.5. The van der Waals surface area contributed by atoms with Gasteiger partial charge < -0.3 is 24.2 Å². The molecule has 1 aliphatic heterocycles. The number of hydrogen-bond acceptors (Lipinski definition) is 6. The first-order chi connectivity index (χ1) is 14.5. The first-order valence-corrected chi connectivity index (χ1v) is 9.60. The lowest BCUT2D eigenvalue weighted by Crippen LogP contribution is -2.33. The summed E-state index contributed by atoms with van der Waals surface area (Å²) in [5, 5.41) is 9.76. The molecule has 1 atom stereocenters. The number of allylic oxidation sites excluding steroid dienone is 1. The Hall–Kier alpha value is -3.92. The van der Waals surface area contributed by atoms with E-state index in [1.165, 1.54) is 0 Å². The normalized spacial score (nSPS) is 15.3. The Bertz CT molecular complexity index is 1200. The van der Waals surface area contributed by atoms with Gasteiger partial charge >= 0.3 is 0 Å². The van der Waals surface area contributed by atoms with E-state index in [0.29, 0.717) is 35.1 Å². The number of furan rings is 1. The Morgan fingerprint density at radius 2 is 2.03 bits per heavy atom. The molecule has 30 heavy (non-hydrogen) atoms. The molecular weight excluding hydrogens is 382 g/mol. The predicted octanol–water partition coefficient (Wildman–Crippen LogP) is 3.41. The highest BCUT2D eigenvalue weighted by Crippen LogP contribution is 2.40. The number of ether oxygens (including phenoxy) is 2. The summed E-state index contributed by atoms with van der Waals surface area (Å²) in [5.74, 6) is 1.11. The van der Waals surface area contributed by atoms with E-state index in [9.17, 15) is 10.1 Å². The van der Waals surface area contributed by atoms with Crippen molar-refractivity contribution in [2.75, 3.05) is 6.61 Å². The van der Waals surface area contributed by atoms with Crippen LogP contribution < -0.4 is 20.8 Å². The molecule has 0 saturated carbocycles. The molecule has 2 aromatic heterocycles. The van der Waals surface area contributed by atoms with E-state index in [-0.39, 0.29) is 23.6 Å². The molecule has 0 aliphatic carbocycles. The van der Waals surface area contributed by atoms with E-state index in [4.69, 9.17) is 19.6 Å². The summed E-state index contributed by atoms with van der Waals surface area (Å²) >= 11 is 0. The smallest absolute Gasteiger partial charge is 0.259 e. The van der Waals surface area contributed by atoms with Crippen LogP contribution in [-0.4, -0.2) is 11.2 Å². The summed E-state index contributed by atoms with van der Waals surface area (Å²) in [4.78, 5) is 13.5. The molecule has 0 fully saturated rings. The van der Waals surface area contributed by atoms with Crippen LogP contribution in [0.2, 0.25) is 0 Å². The van der Waals surface area contributed by atoms with Crippen molar-refractivity contribution in [3.8, 4) is 17.6 Å². The molecule has 7 nitrogen and oxygen atoms in total. The topological polar surface area (TPSA) is 103 Å². The van der Waals surface area contributed by atoms with Crippen molar-refractivity contribution in [1.82, 2.24) is 4.57 Å². The van der Waals surface area contributed by atoms with Gasteiger partial charge in [0.15, 0.2) is 0 Å². The van der Waals surface area contributed by atoms with Gasteiger partial charge in [-0.15, -0.1) is 0 Å². The monoisotopic (exact) mass is 403 g/mol. The molecule has 7 heteroatoms. The lowest BCUT2D eigenvalue weighted by Gasteiger charge is -2.27.